The molecule has 3 aliphatic heterocycles. The smallest absolute Gasteiger partial charge is 0.325 e. The number of likely N-dealkylation sites (N-methyl/N-ethyl adjacent to an activating group) is 1. The molecule has 0 bridgehead atoms. The Morgan fingerprint density at radius 2 is 1.96 bits per heavy atom. The molecule has 10 heteroatoms. The van der Waals surface area contributed by atoms with Gasteiger partial charge in [-0.3, -0.25) is 20.9 Å². The summed E-state index contributed by atoms with van der Waals surface area (Å²) in [7, 11) is 1.66. The second kappa shape index (κ2) is 6.02. The van der Waals surface area contributed by atoms with E-state index in [2.05, 4.69) is 21.2 Å². The lowest BCUT2D eigenvalue weighted by Crippen LogP contribution is -2.65. The summed E-state index contributed by atoms with van der Waals surface area (Å²) < 4.78 is 0. The molecule has 0 aromatic heterocycles. The summed E-state index contributed by atoms with van der Waals surface area (Å²) in [5, 5.41) is 10.6. The molecule has 2 fully saturated rings. The lowest BCUT2D eigenvalue weighted by Gasteiger charge is -2.36. The topological polar surface area (TPSA) is 121 Å². The SMILES string of the molecule is CN1C(=O)NC(=O)C2C1NC1NN=C(c3ccc(Cl)cc3)CN12.O. The Kier molecular flexibility index (Phi) is 4.18. The summed E-state index contributed by atoms with van der Waals surface area (Å²) in [6, 6.07) is 6.52. The number of halogens is 1. The number of hydrogen-bond acceptors (Lipinski definition) is 6. The third kappa shape index (κ3) is 2.51. The van der Waals surface area contributed by atoms with Crippen molar-refractivity contribution in [3.8, 4) is 0 Å². The van der Waals surface area contributed by atoms with E-state index in [-0.39, 0.29) is 23.8 Å². The molecule has 0 spiro atoms. The lowest BCUT2D eigenvalue weighted by molar-refractivity contribution is -0.127. The van der Waals surface area contributed by atoms with E-state index >= 15 is 0 Å². The number of nitrogens with zero attached hydrogens (tertiary/aromatic N) is 3. The molecule has 2 saturated heterocycles. The summed E-state index contributed by atoms with van der Waals surface area (Å²) in [6.07, 6.45) is -0.673. The predicted molar refractivity (Wildman–Crippen MR) is 87.2 cm³/mol. The molecule has 3 unspecified atom stereocenters. The highest BCUT2D eigenvalue weighted by Gasteiger charge is 2.52. The van der Waals surface area contributed by atoms with E-state index in [1.165, 1.54) is 4.90 Å². The van der Waals surface area contributed by atoms with Crippen molar-refractivity contribution in [3.05, 3.63) is 34.9 Å². The molecule has 128 valence electrons. The number of rotatable bonds is 1. The van der Waals surface area contributed by atoms with Crippen LogP contribution in [0.25, 0.3) is 0 Å². The van der Waals surface area contributed by atoms with E-state index in [0.29, 0.717) is 11.6 Å². The van der Waals surface area contributed by atoms with Gasteiger partial charge in [-0.25, -0.2) is 9.69 Å². The van der Waals surface area contributed by atoms with Gasteiger partial charge in [0.1, 0.15) is 12.2 Å². The molecule has 3 atom stereocenters. The Bertz CT molecular complexity index is 709. The van der Waals surface area contributed by atoms with E-state index in [9.17, 15) is 9.59 Å². The van der Waals surface area contributed by atoms with Gasteiger partial charge in [0.15, 0.2) is 6.29 Å². The zero-order valence-electron chi connectivity index (χ0n) is 12.8. The molecular weight excluding hydrogens is 336 g/mol. The monoisotopic (exact) mass is 352 g/mol. The summed E-state index contributed by atoms with van der Waals surface area (Å²) in [5.74, 6) is -0.299. The zero-order valence-corrected chi connectivity index (χ0v) is 13.5. The van der Waals surface area contributed by atoms with Crippen LogP contribution >= 0.6 is 11.6 Å². The molecule has 1 aromatic rings. The fourth-order valence-electron chi connectivity index (χ4n) is 3.15. The van der Waals surface area contributed by atoms with E-state index in [1.807, 2.05) is 17.0 Å². The second-order valence-corrected chi connectivity index (χ2v) is 6.17. The molecule has 9 nitrogen and oxygen atoms in total. The molecule has 3 aliphatic rings. The number of benzene rings is 1. The van der Waals surface area contributed by atoms with Crippen LogP contribution in [0.4, 0.5) is 4.79 Å². The first-order valence-electron chi connectivity index (χ1n) is 7.22. The van der Waals surface area contributed by atoms with Crippen molar-refractivity contribution >= 4 is 29.3 Å². The number of fused-ring (bicyclic) bond motifs is 3. The minimum atomic E-state index is -0.465. The quantitative estimate of drug-likeness (QED) is 0.591. The molecule has 3 heterocycles. The summed E-state index contributed by atoms with van der Waals surface area (Å²) in [6.45, 7) is 0.489. The van der Waals surface area contributed by atoms with E-state index in [0.717, 1.165) is 11.3 Å². The highest BCUT2D eigenvalue weighted by Crippen LogP contribution is 2.24. The maximum atomic E-state index is 12.2. The molecule has 3 amide bonds. The molecule has 1 aromatic carbocycles. The number of carbonyl (C=O) groups is 2. The van der Waals surface area contributed by atoms with Gasteiger partial charge >= 0.3 is 6.03 Å². The van der Waals surface area contributed by atoms with Crippen molar-refractivity contribution in [2.45, 2.75) is 18.5 Å². The third-order valence-electron chi connectivity index (χ3n) is 4.38. The van der Waals surface area contributed by atoms with Crippen molar-refractivity contribution in [1.82, 2.24) is 25.9 Å². The fourth-order valence-corrected chi connectivity index (χ4v) is 3.27. The number of carbonyl (C=O) groups excluding carboxylic acids is 2. The van der Waals surface area contributed by atoms with Crippen molar-refractivity contribution in [2.24, 2.45) is 5.10 Å². The molecule has 0 saturated carbocycles. The Hall–Kier alpha value is -2.20. The highest BCUT2D eigenvalue weighted by atomic mass is 35.5. The first kappa shape index (κ1) is 16.7. The number of urea groups is 1. The van der Waals surface area contributed by atoms with Crippen LogP contribution in [0.2, 0.25) is 5.02 Å². The maximum Gasteiger partial charge on any atom is 0.325 e. The number of nitrogens with one attached hydrogen (secondary N) is 3. The van der Waals surface area contributed by atoms with Crippen LogP contribution in [0, 0.1) is 0 Å². The second-order valence-electron chi connectivity index (χ2n) is 5.73. The largest absolute Gasteiger partial charge is 0.412 e. The number of hydrogen-bond donors (Lipinski definition) is 3. The van der Waals surface area contributed by atoms with E-state index < -0.39 is 12.1 Å². The van der Waals surface area contributed by atoms with Crippen molar-refractivity contribution in [3.63, 3.8) is 0 Å². The van der Waals surface area contributed by atoms with Gasteiger partial charge in [-0.2, -0.15) is 5.10 Å². The van der Waals surface area contributed by atoms with Gasteiger partial charge in [0, 0.05) is 18.6 Å². The van der Waals surface area contributed by atoms with Gasteiger partial charge in [0.2, 0.25) is 5.91 Å². The van der Waals surface area contributed by atoms with Crippen molar-refractivity contribution in [1.29, 1.82) is 0 Å². The van der Waals surface area contributed by atoms with Gasteiger partial charge < -0.3 is 10.4 Å². The van der Waals surface area contributed by atoms with Gasteiger partial charge in [0.05, 0.1) is 5.71 Å². The van der Waals surface area contributed by atoms with Crippen molar-refractivity contribution < 1.29 is 15.1 Å². The molecular formula is C14H17ClN6O3. The molecule has 0 aliphatic carbocycles. The third-order valence-corrected chi connectivity index (χ3v) is 4.64. The predicted octanol–water partition coefficient (Wildman–Crippen LogP) is -1.11. The van der Waals surface area contributed by atoms with Crippen LogP contribution in [0.5, 0.6) is 0 Å². The van der Waals surface area contributed by atoms with Gasteiger partial charge in [-0.1, -0.05) is 23.7 Å². The standard InChI is InChI=1S/C14H15ClN6O2.H2O/c1-20-11-10(12(22)17-14(20)23)21-6-9(18-19-13(21)16-11)7-2-4-8(15)5-3-7;/h2-5,10-11,13,16,19H,6H2,1H3,(H,17,22,23);1H2. The summed E-state index contributed by atoms with van der Waals surface area (Å²) in [4.78, 5) is 27.4. The van der Waals surface area contributed by atoms with E-state index in [4.69, 9.17) is 11.6 Å². The Morgan fingerprint density at radius 3 is 2.67 bits per heavy atom. The normalized spacial score (nSPS) is 29.0. The van der Waals surface area contributed by atoms with Crippen LogP contribution in [0.15, 0.2) is 29.4 Å². The van der Waals surface area contributed by atoms with Crippen molar-refractivity contribution in [2.75, 3.05) is 13.6 Å². The number of imide groups is 1. The summed E-state index contributed by atoms with van der Waals surface area (Å²) >= 11 is 5.91. The highest BCUT2D eigenvalue weighted by molar-refractivity contribution is 6.30. The molecule has 5 N–H and O–H groups in total. The minimum Gasteiger partial charge on any atom is -0.412 e. The average molecular weight is 353 g/mol. The molecule has 0 radical (unpaired) electrons. The first-order chi connectivity index (χ1) is 11.0. The van der Waals surface area contributed by atoms with Crippen LogP contribution in [-0.2, 0) is 4.79 Å². The number of amides is 3. The molecule has 24 heavy (non-hydrogen) atoms. The van der Waals surface area contributed by atoms with Crippen LogP contribution in [0.1, 0.15) is 5.56 Å². The maximum absolute atomic E-state index is 12.2. The Labute approximate surface area is 142 Å². The summed E-state index contributed by atoms with van der Waals surface area (Å²) in [5.41, 5.74) is 4.76. The molecule has 4 rings (SSSR count). The van der Waals surface area contributed by atoms with Crippen LogP contribution in [0.3, 0.4) is 0 Å². The van der Waals surface area contributed by atoms with E-state index in [1.54, 1.807) is 19.2 Å². The van der Waals surface area contributed by atoms with Gasteiger partial charge in [0.25, 0.3) is 0 Å². The van der Waals surface area contributed by atoms with Crippen LogP contribution < -0.4 is 16.1 Å². The fraction of sp³-hybridized carbons (Fsp3) is 0.357. The van der Waals surface area contributed by atoms with Crippen LogP contribution in [-0.4, -0.2) is 65.0 Å². The Morgan fingerprint density at radius 1 is 1.25 bits per heavy atom. The minimum absolute atomic E-state index is 0. The van der Waals surface area contributed by atoms with Gasteiger partial charge in [-0.05, 0) is 17.7 Å². The Balaban J connectivity index is 0.00000169. The number of hydrazone groups is 1. The average Bonchev–Trinajstić information content (AvgIpc) is 2.92. The first-order valence-corrected chi connectivity index (χ1v) is 7.60. The zero-order chi connectivity index (χ0) is 16.1. The lowest BCUT2D eigenvalue weighted by atomic mass is 10.1. The van der Waals surface area contributed by atoms with Gasteiger partial charge in [-0.15, -0.1) is 0 Å².